The predicted octanol–water partition coefficient (Wildman–Crippen LogP) is 2.71. The number of amides is 1. The highest BCUT2D eigenvalue weighted by Gasteiger charge is 2.15. The van der Waals surface area contributed by atoms with Crippen LogP contribution in [0.5, 0.6) is 11.5 Å². The number of aryl methyl sites for hydroxylation is 1. The lowest BCUT2D eigenvalue weighted by molar-refractivity contribution is 0.102. The zero-order valence-corrected chi connectivity index (χ0v) is 19.0. The van der Waals surface area contributed by atoms with Crippen molar-refractivity contribution in [3.8, 4) is 11.5 Å². The van der Waals surface area contributed by atoms with Crippen LogP contribution in [0.3, 0.4) is 0 Å². The molecule has 0 fully saturated rings. The van der Waals surface area contributed by atoms with E-state index < -0.39 is 15.7 Å². The highest BCUT2D eigenvalue weighted by Crippen LogP contribution is 2.26. The van der Waals surface area contributed by atoms with E-state index in [2.05, 4.69) is 20.7 Å². The molecule has 0 spiro atoms. The van der Waals surface area contributed by atoms with Crippen molar-refractivity contribution in [3.63, 3.8) is 0 Å². The van der Waals surface area contributed by atoms with Crippen LogP contribution in [-0.4, -0.2) is 55.1 Å². The van der Waals surface area contributed by atoms with Crippen LogP contribution >= 0.6 is 0 Å². The zero-order chi connectivity index (χ0) is 23.3. The molecule has 0 saturated heterocycles. The molecule has 1 unspecified atom stereocenters. The van der Waals surface area contributed by atoms with Gasteiger partial charge in [-0.05, 0) is 31.2 Å². The fraction of sp³-hybridized carbons (Fsp3) is 0.286. The van der Waals surface area contributed by atoms with E-state index in [4.69, 9.17) is 9.47 Å². The van der Waals surface area contributed by atoms with Gasteiger partial charge in [0.1, 0.15) is 23.0 Å². The number of aromatic nitrogens is 3. The molecule has 1 amide bonds. The molecule has 1 aromatic carbocycles. The summed E-state index contributed by atoms with van der Waals surface area (Å²) in [6.07, 6.45) is 2.85. The molecular formula is C21H25N5O5S. The number of sulfone groups is 1. The van der Waals surface area contributed by atoms with Crippen LogP contribution in [0.25, 0.3) is 0 Å². The monoisotopic (exact) mass is 459 g/mol. The quantitative estimate of drug-likeness (QED) is 0.500. The van der Waals surface area contributed by atoms with Crippen molar-refractivity contribution < 1.29 is 22.7 Å². The first kappa shape index (κ1) is 23.2. The van der Waals surface area contributed by atoms with Gasteiger partial charge in [-0.25, -0.2) is 13.4 Å². The van der Waals surface area contributed by atoms with Gasteiger partial charge in [-0.15, -0.1) is 0 Å². The summed E-state index contributed by atoms with van der Waals surface area (Å²) in [6, 6.07) is 10.8. The third-order valence-corrected chi connectivity index (χ3v) is 5.41. The van der Waals surface area contributed by atoms with Crippen molar-refractivity contribution in [1.82, 2.24) is 14.8 Å². The molecule has 2 N–H and O–H groups in total. The fourth-order valence-corrected chi connectivity index (χ4v) is 3.48. The lowest BCUT2D eigenvalue weighted by Gasteiger charge is -2.16. The number of rotatable bonds is 9. The Kier molecular flexibility index (Phi) is 7.11. The van der Waals surface area contributed by atoms with E-state index in [1.807, 2.05) is 6.92 Å². The van der Waals surface area contributed by atoms with E-state index in [9.17, 15) is 13.2 Å². The average molecular weight is 460 g/mol. The first-order valence-corrected chi connectivity index (χ1v) is 11.6. The standard InChI is InChI=1S/C21H25N5O5S/c1-14(13-30-3)22-20-12-16(31-15-5-7-17(8-6-15)32(4,28)29)11-18(23-20)21(27)24-19-9-10-26(2)25-19/h5-12,14H,13H2,1-4H3,(H,22,23)(H,24,25,27). The van der Waals surface area contributed by atoms with Crippen molar-refractivity contribution in [1.29, 1.82) is 0 Å². The number of ether oxygens (including phenoxy) is 2. The Bertz CT molecular complexity index is 1190. The summed E-state index contributed by atoms with van der Waals surface area (Å²) < 4.78 is 35.9. The highest BCUT2D eigenvalue weighted by atomic mass is 32.2. The van der Waals surface area contributed by atoms with Crippen molar-refractivity contribution in [2.75, 3.05) is 30.6 Å². The van der Waals surface area contributed by atoms with Crippen LogP contribution < -0.4 is 15.4 Å². The van der Waals surface area contributed by atoms with Crippen LogP contribution in [0.1, 0.15) is 17.4 Å². The second kappa shape index (κ2) is 9.79. The number of methoxy groups -OCH3 is 1. The van der Waals surface area contributed by atoms with Crippen molar-refractivity contribution >= 4 is 27.4 Å². The lowest BCUT2D eigenvalue weighted by Crippen LogP contribution is -2.22. The first-order chi connectivity index (χ1) is 15.1. The molecule has 1 atom stereocenters. The highest BCUT2D eigenvalue weighted by molar-refractivity contribution is 7.90. The Morgan fingerprint density at radius 2 is 1.84 bits per heavy atom. The molecule has 0 aliphatic carbocycles. The van der Waals surface area contributed by atoms with E-state index in [1.165, 1.54) is 18.2 Å². The van der Waals surface area contributed by atoms with E-state index in [-0.39, 0.29) is 16.6 Å². The van der Waals surface area contributed by atoms with E-state index in [0.717, 1.165) is 6.26 Å². The van der Waals surface area contributed by atoms with Gasteiger partial charge in [0.15, 0.2) is 15.7 Å². The smallest absolute Gasteiger partial charge is 0.275 e. The summed E-state index contributed by atoms with van der Waals surface area (Å²) in [5.41, 5.74) is 0.119. The van der Waals surface area contributed by atoms with Crippen LogP contribution in [-0.2, 0) is 21.6 Å². The van der Waals surface area contributed by atoms with Crippen LogP contribution in [0.4, 0.5) is 11.6 Å². The van der Waals surface area contributed by atoms with Crippen LogP contribution in [0.2, 0.25) is 0 Å². The number of nitrogens with zero attached hydrogens (tertiary/aromatic N) is 3. The molecule has 0 radical (unpaired) electrons. The van der Waals surface area contributed by atoms with Crippen LogP contribution in [0, 0.1) is 0 Å². The van der Waals surface area contributed by atoms with Gasteiger partial charge in [0, 0.05) is 50.9 Å². The van der Waals surface area contributed by atoms with Crippen molar-refractivity contribution in [3.05, 3.63) is 54.4 Å². The summed E-state index contributed by atoms with van der Waals surface area (Å²) in [7, 11) is 0.0288. The minimum absolute atomic E-state index is 0.0662. The third-order valence-electron chi connectivity index (χ3n) is 4.29. The lowest BCUT2D eigenvalue weighted by atomic mass is 10.2. The number of anilines is 2. The largest absolute Gasteiger partial charge is 0.457 e. The molecule has 170 valence electrons. The number of carbonyl (C=O) groups is 1. The molecule has 3 aromatic rings. The maximum atomic E-state index is 12.7. The fourth-order valence-electron chi connectivity index (χ4n) is 2.85. The number of nitrogens with one attached hydrogen (secondary N) is 2. The van der Waals surface area contributed by atoms with E-state index in [0.29, 0.717) is 29.7 Å². The van der Waals surface area contributed by atoms with Gasteiger partial charge in [-0.2, -0.15) is 5.10 Å². The second-order valence-electron chi connectivity index (χ2n) is 7.25. The van der Waals surface area contributed by atoms with Gasteiger partial charge in [0.2, 0.25) is 0 Å². The molecule has 11 heteroatoms. The van der Waals surface area contributed by atoms with Gasteiger partial charge in [-0.3, -0.25) is 9.48 Å². The normalized spacial score (nSPS) is 12.2. The Morgan fingerprint density at radius 3 is 2.44 bits per heavy atom. The van der Waals surface area contributed by atoms with Gasteiger partial charge < -0.3 is 20.1 Å². The minimum atomic E-state index is -3.31. The maximum Gasteiger partial charge on any atom is 0.275 e. The van der Waals surface area contributed by atoms with Crippen molar-refractivity contribution in [2.45, 2.75) is 17.9 Å². The number of pyridine rings is 1. The summed E-state index contributed by atoms with van der Waals surface area (Å²) in [5, 5.41) is 9.99. The molecule has 0 aliphatic heterocycles. The molecule has 0 saturated carbocycles. The van der Waals surface area contributed by atoms with Gasteiger partial charge in [-0.1, -0.05) is 0 Å². The van der Waals surface area contributed by atoms with Gasteiger partial charge in [0.25, 0.3) is 5.91 Å². The topological polar surface area (TPSA) is 124 Å². The number of hydrogen-bond donors (Lipinski definition) is 2. The molecule has 10 nitrogen and oxygen atoms in total. The Labute approximate surface area is 186 Å². The average Bonchev–Trinajstić information content (AvgIpc) is 3.12. The molecule has 2 heterocycles. The Morgan fingerprint density at radius 1 is 1.12 bits per heavy atom. The second-order valence-corrected chi connectivity index (χ2v) is 9.26. The molecule has 0 bridgehead atoms. The summed E-state index contributed by atoms with van der Waals surface area (Å²) in [6.45, 7) is 2.35. The molecular weight excluding hydrogens is 434 g/mol. The molecule has 2 aromatic heterocycles. The number of benzene rings is 1. The summed E-state index contributed by atoms with van der Waals surface area (Å²) in [5.74, 6) is 1.13. The van der Waals surface area contributed by atoms with Crippen molar-refractivity contribution in [2.24, 2.45) is 7.05 Å². The van der Waals surface area contributed by atoms with E-state index in [1.54, 1.807) is 49.3 Å². The predicted molar refractivity (Wildman–Crippen MR) is 120 cm³/mol. The van der Waals surface area contributed by atoms with Gasteiger partial charge in [0.05, 0.1) is 11.5 Å². The molecule has 0 aliphatic rings. The Hall–Kier alpha value is -3.44. The Balaban J connectivity index is 1.87. The first-order valence-electron chi connectivity index (χ1n) is 9.70. The maximum absolute atomic E-state index is 12.7. The zero-order valence-electron chi connectivity index (χ0n) is 18.2. The SMILES string of the molecule is COCC(C)Nc1cc(Oc2ccc(S(C)(=O)=O)cc2)cc(C(=O)Nc2ccn(C)n2)n1. The summed E-state index contributed by atoms with van der Waals surface area (Å²) in [4.78, 5) is 17.3. The van der Waals surface area contributed by atoms with Crippen LogP contribution in [0.15, 0.2) is 53.6 Å². The third kappa shape index (κ3) is 6.28. The minimum Gasteiger partial charge on any atom is -0.457 e. The summed E-state index contributed by atoms with van der Waals surface area (Å²) >= 11 is 0. The number of hydrogen-bond acceptors (Lipinski definition) is 8. The van der Waals surface area contributed by atoms with E-state index >= 15 is 0 Å². The molecule has 32 heavy (non-hydrogen) atoms. The number of carbonyl (C=O) groups excluding carboxylic acids is 1. The molecule has 3 rings (SSSR count). The van der Waals surface area contributed by atoms with Gasteiger partial charge >= 0.3 is 0 Å².